The minimum atomic E-state index is 0.137. The average molecular weight is 276 g/mol. The fourth-order valence-electron chi connectivity index (χ4n) is 2.27. The summed E-state index contributed by atoms with van der Waals surface area (Å²) in [7, 11) is 1.16. The van der Waals surface area contributed by atoms with Crippen molar-refractivity contribution in [2.75, 3.05) is 19.7 Å². The van der Waals surface area contributed by atoms with Gasteiger partial charge < -0.3 is 10.1 Å². The van der Waals surface area contributed by atoms with Gasteiger partial charge in [-0.1, -0.05) is 38.8 Å². The molecule has 2 atom stereocenters. The van der Waals surface area contributed by atoms with Crippen LogP contribution in [0.2, 0.25) is 0 Å². The van der Waals surface area contributed by atoms with E-state index in [1.165, 1.54) is 5.56 Å². The molecule has 2 unspecified atom stereocenters. The second-order valence-electron chi connectivity index (χ2n) is 4.92. The zero-order valence-electron chi connectivity index (χ0n) is 11.6. The Morgan fingerprint density at radius 1 is 1.47 bits per heavy atom. The van der Waals surface area contributed by atoms with E-state index >= 15 is 0 Å². The van der Waals surface area contributed by atoms with E-state index in [1.807, 2.05) is 19.1 Å². The van der Waals surface area contributed by atoms with Crippen molar-refractivity contribution in [3.05, 3.63) is 35.4 Å². The lowest BCUT2D eigenvalue weighted by Crippen LogP contribution is -2.41. The lowest BCUT2D eigenvalue weighted by atomic mass is 10.0. The minimum absolute atomic E-state index is 0.137. The largest absolute Gasteiger partial charge is 0.371 e. The molecule has 19 heavy (non-hydrogen) atoms. The lowest BCUT2D eigenvalue weighted by molar-refractivity contribution is -0.0323. The summed E-state index contributed by atoms with van der Waals surface area (Å²) >= 11 is 0. The number of rotatable bonds is 4. The molecule has 1 saturated heterocycles. The molecular formula is C15H21N2OP. The molecule has 102 valence electrons. The standard InChI is InChI=1S/C15H21N2OP/c1-11(16)13-4-6-14(7-5-13)15-10-17(8-9-18-15)12(2)19-3/h4-7,12,15-16H,3,8-10H2,1-2H3. The average Bonchev–Trinajstić information content (AvgIpc) is 2.46. The summed E-state index contributed by atoms with van der Waals surface area (Å²) in [5, 5.41) is 7.62. The van der Waals surface area contributed by atoms with Gasteiger partial charge in [0.1, 0.15) is 0 Å². The number of ether oxygens (including phenoxy) is 1. The predicted molar refractivity (Wildman–Crippen MR) is 82.7 cm³/mol. The molecule has 4 heteroatoms. The van der Waals surface area contributed by atoms with E-state index in [9.17, 15) is 0 Å². The monoisotopic (exact) mass is 276 g/mol. The Morgan fingerprint density at radius 3 is 2.74 bits per heavy atom. The van der Waals surface area contributed by atoms with Crippen LogP contribution in [0.15, 0.2) is 24.3 Å². The van der Waals surface area contributed by atoms with Crippen LogP contribution in [-0.4, -0.2) is 42.4 Å². The molecule has 0 spiro atoms. The highest BCUT2D eigenvalue weighted by Crippen LogP contribution is 2.25. The van der Waals surface area contributed by atoms with Gasteiger partial charge in [0.15, 0.2) is 0 Å². The summed E-state index contributed by atoms with van der Waals surface area (Å²) in [6, 6.07) is 8.16. The Morgan fingerprint density at radius 2 is 2.16 bits per heavy atom. The Balaban J connectivity index is 2.08. The molecule has 2 rings (SSSR count). The Bertz CT molecular complexity index is 458. The van der Waals surface area contributed by atoms with Crippen LogP contribution in [0, 0.1) is 5.41 Å². The highest BCUT2D eigenvalue weighted by atomic mass is 31.1. The Labute approximate surface area is 116 Å². The van der Waals surface area contributed by atoms with E-state index < -0.39 is 0 Å². The van der Waals surface area contributed by atoms with Gasteiger partial charge in [-0.3, -0.25) is 4.90 Å². The second kappa shape index (κ2) is 6.42. The molecule has 0 bridgehead atoms. The van der Waals surface area contributed by atoms with Crippen molar-refractivity contribution in [3.63, 3.8) is 0 Å². The van der Waals surface area contributed by atoms with Gasteiger partial charge >= 0.3 is 0 Å². The SMILES string of the molecule is C=PC(C)N1CCOC(c2ccc(C(C)=N)cc2)C1. The van der Waals surface area contributed by atoms with Crippen molar-refractivity contribution < 1.29 is 4.74 Å². The summed E-state index contributed by atoms with van der Waals surface area (Å²) < 4.78 is 5.87. The van der Waals surface area contributed by atoms with Crippen molar-refractivity contribution in [2.24, 2.45) is 0 Å². The topological polar surface area (TPSA) is 36.3 Å². The van der Waals surface area contributed by atoms with Gasteiger partial charge in [-0.2, -0.15) is 0 Å². The molecule has 1 aromatic rings. The normalized spacial score (nSPS) is 22.3. The third-order valence-electron chi connectivity index (χ3n) is 3.61. The zero-order valence-corrected chi connectivity index (χ0v) is 12.5. The molecule has 1 aliphatic rings. The minimum Gasteiger partial charge on any atom is -0.371 e. The summed E-state index contributed by atoms with van der Waals surface area (Å²) in [5.74, 6) is 0.481. The van der Waals surface area contributed by atoms with E-state index in [0.29, 0.717) is 11.5 Å². The number of nitrogens with one attached hydrogen (secondary N) is 1. The third-order valence-corrected chi connectivity index (χ3v) is 4.46. The number of hydrogen-bond acceptors (Lipinski definition) is 3. The Hall–Kier alpha value is -1.02. The molecule has 0 aliphatic carbocycles. The third kappa shape index (κ3) is 3.50. The highest BCUT2D eigenvalue weighted by molar-refractivity contribution is 7.37. The van der Waals surface area contributed by atoms with Crippen LogP contribution in [0.3, 0.4) is 0 Å². The second-order valence-corrected chi connectivity index (χ2v) is 6.03. The summed E-state index contributed by atoms with van der Waals surface area (Å²) in [5.41, 5.74) is 2.77. The maximum Gasteiger partial charge on any atom is 0.0952 e. The molecule has 0 radical (unpaired) electrons. The lowest BCUT2D eigenvalue weighted by Gasteiger charge is -2.35. The first kappa shape index (κ1) is 14.4. The first-order valence-corrected chi connectivity index (χ1v) is 7.73. The first-order chi connectivity index (χ1) is 9.11. The fraction of sp³-hybridized carbons (Fsp3) is 0.467. The van der Waals surface area contributed by atoms with Crippen LogP contribution in [0.25, 0.3) is 0 Å². The van der Waals surface area contributed by atoms with Gasteiger partial charge in [0.05, 0.1) is 12.7 Å². The highest BCUT2D eigenvalue weighted by Gasteiger charge is 2.24. The van der Waals surface area contributed by atoms with Crippen LogP contribution in [-0.2, 0) is 4.74 Å². The number of morpholine rings is 1. The summed E-state index contributed by atoms with van der Waals surface area (Å²) in [6.07, 6.45) is 4.09. The van der Waals surface area contributed by atoms with Crippen LogP contribution >= 0.6 is 8.20 Å². The molecule has 0 amide bonds. The van der Waals surface area contributed by atoms with E-state index in [1.54, 1.807) is 0 Å². The predicted octanol–water partition coefficient (Wildman–Crippen LogP) is 3.17. The molecule has 0 saturated carbocycles. The van der Waals surface area contributed by atoms with Crippen molar-refractivity contribution in [1.29, 1.82) is 5.41 Å². The van der Waals surface area contributed by atoms with Gasteiger partial charge in [0, 0.05) is 24.6 Å². The van der Waals surface area contributed by atoms with Crippen molar-refractivity contribution in [2.45, 2.75) is 25.7 Å². The molecular weight excluding hydrogens is 255 g/mol. The zero-order chi connectivity index (χ0) is 13.8. The molecule has 1 heterocycles. The fourth-order valence-corrected chi connectivity index (χ4v) is 2.71. The summed E-state index contributed by atoms with van der Waals surface area (Å²) in [4.78, 5) is 2.43. The van der Waals surface area contributed by atoms with Gasteiger partial charge in [0.2, 0.25) is 0 Å². The molecule has 1 aromatic carbocycles. The van der Waals surface area contributed by atoms with Crippen LogP contribution in [0.4, 0.5) is 0 Å². The van der Waals surface area contributed by atoms with E-state index in [0.717, 1.165) is 33.5 Å². The number of nitrogens with zero attached hydrogens (tertiary/aromatic N) is 1. The van der Waals surface area contributed by atoms with E-state index in [2.05, 4.69) is 30.3 Å². The molecule has 1 N–H and O–H groups in total. The van der Waals surface area contributed by atoms with Gasteiger partial charge in [0.25, 0.3) is 0 Å². The maximum atomic E-state index is 7.62. The van der Waals surface area contributed by atoms with E-state index in [-0.39, 0.29) is 6.10 Å². The van der Waals surface area contributed by atoms with Crippen LogP contribution < -0.4 is 0 Å². The van der Waals surface area contributed by atoms with Gasteiger partial charge in [-0.05, 0) is 25.0 Å². The van der Waals surface area contributed by atoms with Crippen LogP contribution in [0.5, 0.6) is 0 Å². The van der Waals surface area contributed by atoms with Gasteiger partial charge in [-0.25, -0.2) is 0 Å². The number of benzene rings is 1. The smallest absolute Gasteiger partial charge is 0.0952 e. The molecule has 1 fully saturated rings. The van der Waals surface area contributed by atoms with Gasteiger partial charge in [-0.15, -0.1) is 0 Å². The van der Waals surface area contributed by atoms with Crippen molar-refractivity contribution in [3.8, 4) is 0 Å². The first-order valence-electron chi connectivity index (χ1n) is 6.59. The number of hydrogen-bond donors (Lipinski definition) is 1. The van der Waals surface area contributed by atoms with Crippen LogP contribution in [0.1, 0.15) is 31.1 Å². The quantitative estimate of drug-likeness (QED) is 0.677. The summed E-state index contributed by atoms with van der Waals surface area (Å²) in [6.45, 7) is 6.70. The maximum absolute atomic E-state index is 7.62. The molecule has 1 aliphatic heterocycles. The molecule has 0 aromatic heterocycles. The van der Waals surface area contributed by atoms with Crippen molar-refractivity contribution >= 4 is 20.2 Å². The van der Waals surface area contributed by atoms with E-state index in [4.69, 9.17) is 10.1 Å². The molecule has 3 nitrogen and oxygen atoms in total. The Kier molecular flexibility index (Phi) is 4.87. The van der Waals surface area contributed by atoms with Crippen molar-refractivity contribution in [1.82, 2.24) is 4.90 Å².